The van der Waals surface area contributed by atoms with Crippen molar-refractivity contribution in [1.29, 1.82) is 0 Å². The highest BCUT2D eigenvalue weighted by Crippen LogP contribution is 2.29. The van der Waals surface area contributed by atoms with Gasteiger partial charge in [0.1, 0.15) is 0 Å². The molecule has 0 atom stereocenters. The second kappa shape index (κ2) is 5.84. The number of hydrogen-bond donors (Lipinski definition) is 1. The molecule has 0 bridgehead atoms. The summed E-state index contributed by atoms with van der Waals surface area (Å²) in [5.41, 5.74) is 1.35. The van der Waals surface area contributed by atoms with Gasteiger partial charge in [-0.25, -0.2) is 4.98 Å². The SMILES string of the molecule is CC(C)(C)c1csc(NC(=O)c2cccc(Br)c2Cl)n1. The number of rotatable bonds is 2. The predicted octanol–water partition coefficient (Wildman–Crippen LogP) is 5.11. The average molecular weight is 374 g/mol. The minimum Gasteiger partial charge on any atom is -0.298 e. The highest BCUT2D eigenvalue weighted by molar-refractivity contribution is 9.10. The molecule has 1 aromatic carbocycles. The third-order valence-electron chi connectivity index (χ3n) is 2.69. The van der Waals surface area contributed by atoms with E-state index in [4.69, 9.17) is 11.6 Å². The molecule has 0 radical (unpaired) electrons. The quantitative estimate of drug-likeness (QED) is 0.795. The molecular formula is C14H14BrClN2OS. The molecule has 2 rings (SSSR count). The van der Waals surface area contributed by atoms with Crippen molar-refractivity contribution in [3.8, 4) is 0 Å². The van der Waals surface area contributed by atoms with E-state index in [-0.39, 0.29) is 11.3 Å². The summed E-state index contributed by atoms with van der Waals surface area (Å²) in [6.45, 7) is 6.25. The summed E-state index contributed by atoms with van der Waals surface area (Å²) in [5.74, 6) is -0.258. The first-order valence-corrected chi connectivity index (χ1v) is 8.05. The number of hydrogen-bond acceptors (Lipinski definition) is 3. The zero-order valence-corrected chi connectivity index (χ0v) is 14.5. The van der Waals surface area contributed by atoms with Crippen LogP contribution in [0.4, 0.5) is 5.13 Å². The van der Waals surface area contributed by atoms with Crippen LogP contribution in [0.15, 0.2) is 28.1 Å². The second-order valence-electron chi connectivity index (χ2n) is 5.34. The first kappa shape index (κ1) is 15.5. The molecule has 106 valence electrons. The molecule has 2 aromatic rings. The fourth-order valence-corrected chi connectivity index (χ4v) is 3.03. The molecule has 1 N–H and O–H groups in total. The van der Waals surface area contributed by atoms with Gasteiger partial charge >= 0.3 is 0 Å². The van der Waals surface area contributed by atoms with E-state index in [1.807, 2.05) is 5.38 Å². The van der Waals surface area contributed by atoms with Crippen LogP contribution in [0, 0.1) is 0 Å². The molecule has 0 saturated carbocycles. The van der Waals surface area contributed by atoms with Crippen molar-refractivity contribution >= 4 is 49.9 Å². The Morgan fingerprint density at radius 1 is 1.40 bits per heavy atom. The largest absolute Gasteiger partial charge is 0.298 e. The van der Waals surface area contributed by atoms with Gasteiger partial charge in [0.2, 0.25) is 0 Å². The molecule has 0 unspecified atom stereocenters. The van der Waals surface area contributed by atoms with Gasteiger partial charge in [0.15, 0.2) is 5.13 Å². The third-order valence-corrected chi connectivity index (χ3v) is 4.74. The predicted molar refractivity (Wildman–Crippen MR) is 87.9 cm³/mol. The number of amides is 1. The van der Waals surface area contributed by atoms with Gasteiger partial charge in [0, 0.05) is 15.3 Å². The van der Waals surface area contributed by atoms with Gasteiger partial charge < -0.3 is 0 Å². The number of carbonyl (C=O) groups is 1. The number of nitrogens with zero attached hydrogens (tertiary/aromatic N) is 1. The molecular weight excluding hydrogens is 360 g/mol. The number of halogens is 2. The Morgan fingerprint density at radius 3 is 2.70 bits per heavy atom. The van der Waals surface area contributed by atoms with E-state index in [1.165, 1.54) is 11.3 Å². The highest BCUT2D eigenvalue weighted by Gasteiger charge is 2.19. The monoisotopic (exact) mass is 372 g/mol. The summed E-state index contributed by atoms with van der Waals surface area (Å²) >= 11 is 10.8. The van der Waals surface area contributed by atoms with Gasteiger partial charge in [0.05, 0.1) is 16.3 Å². The number of nitrogens with one attached hydrogen (secondary N) is 1. The van der Waals surface area contributed by atoms with Crippen molar-refractivity contribution in [1.82, 2.24) is 4.98 Å². The van der Waals surface area contributed by atoms with E-state index >= 15 is 0 Å². The Labute approximate surface area is 135 Å². The van der Waals surface area contributed by atoms with Crippen LogP contribution >= 0.6 is 38.9 Å². The maximum absolute atomic E-state index is 12.2. The maximum atomic E-state index is 12.2. The van der Waals surface area contributed by atoms with Crippen molar-refractivity contribution in [2.45, 2.75) is 26.2 Å². The molecule has 3 nitrogen and oxygen atoms in total. The maximum Gasteiger partial charge on any atom is 0.258 e. The van der Waals surface area contributed by atoms with E-state index in [2.05, 4.69) is 47.0 Å². The van der Waals surface area contributed by atoms with Crippen LogP contribution < -0.4 is 5.32 Å². The van der Waals surface area contributed by atoms with Crippen LogP contribution in [0.2, 0.25) is 5.02 Å². The lowest BCUT2D eigenvalue weighted by atomic mass is 9.93. The highest BCUT2D eigenvalue weighted by atomic mass is 79.9. The number of carbonyl (C=O) groups excluding carboxylic acids is 1. The third kappa shape index (κ3) is 3.40. The van der Waals surface area contributed by atoms with Gasteiger partial charge in [-0.05, 0) is 28.1 Å². The molecule has 0 aliphatic carbocycles. The number of anilines is 1. The molecule has 20 heavy (non-hydrogen) atoms. The second-order valence-corrected chi connectivity index (χ2v) is 7.43. The molecule has 0 fully saturated rings. The van der Waals surface area contributed by atoms with Gasteiger partial charge in [-0.1, -0.05) is 38.4 Å². The molecule has 1 heterocycles. The summed E-state index contributed by atoms with van der Waals surface area (Å²) in [4.78, 5) is 16.6. The summed E-state index contributed by atoms with van der Waals surface area (Å²) in [7, 11) is 0. The lowest BCUT2D eigenvalue weighted by molar-refractivity contribution is 0.102. The van der Waals surface area contributed by atoms with Crippen molar-refractivity contribution in [3.05, 3.63) is 44.3 Å². The number of thiazole rings is 1. The van der Waals surface area contributed by atoms with Crippen LogP contribution in [0.3, 0.4) is 0 Å². The van der Waals surface area contributed by atoms with Crippen LogP contribution in [-0.4, -0.2) is 10.9 Å². The average Bonchev–Trinajstić information content (AvgIpc) is 2.81. The molecule has 0 aliphatic rings. The lowest BCUT2D eigenvalue weighted by Gasteiger charge is -2.14. The lowest BCUT2D eigenvalue weighted by Crippen LogP contribution is -2.14. The molecule has 1 aromatic heterocycles. The summed E-state index contributed by atoms with van der Waals surface area (Å²) < 4.78 is 0.696. The van der Waals surface area contributed by atoms with Crippen LogP contribution in [-0.2, 0) is 5.41 Å². The van der Waals surface area contributed by atoms with Crippen molar-refractivity contribution in [2.24, 2.45) is 0 Å². The smallest absolute Gasteiger partial charge is 0.258 e. The van der Waals surface area contributed by atoms with Gasteiger partial charge in [-0.3, -0.25) is 10.1 Å². The van der Waals surface area contributed by atoms with E-state index in [0.29, 0.717) is 20.2 Å². The summed E-state index contributed by atoms with van der Waals surface area (Å²) in [6, 6.07) is 5.24. The Balaban J connectivity index is 2.20. The minimum absolute atomic E-state index is 0.0348. The van der Waals surface area contributed by atoms with E-state index < -0.39 is 0 Å². The number of aromatic nitrogens is 1. The minimum atomic E-state index is -0.258. The first-order valence-electron chi connectivity index (χ1n) is 6.00. The van der Waals surface area contributed by atoms with Gasteiger partial charge in [-0.15, -0.1) is 11.3 Å². The van der Waals surface area contributed by atoms with Gasteiger partial charge in [0.25, 0.3) is 5.91 Å². The first-order chi connectivity index (χ1) is 9.29. The molecule has 1 amide bonds. The molecule has 0 aliphatic heterocycles. The van der Waals surface area contributed by atoms with Crippen LogP contribution in [0.5, 0.6) is 0 Å². The van der Waals surface area contributed by atoms with Crippen LogP contribution in [0.25, 0.3) is 0 Å². The summed E-state index contributed by atoms with van der Waals surface area (Å²) in [6.07, 6.45) is 0. The normalized spacial score (nSPS) is 11.4. The van der Waals surface area contributed by atoms with E-state index in [1.54, 1.807) is 18.2 Å². The summed E-state index contributed by atoms with van der Waals surface area (Å²) in [5, 5.41) is 5.72. The topological polar surface area (TPSA) is 42.0 Å². The van der Waals surface area contributed by atoms with Crippen LogP contribution in [0.1, 0.15) is 36.8 Å². The Morgan fingerprint density at radius 2 is 2.10 bits per heavy atom. The van der Waals surface area contributed by atoms with E-state index in [9.17, 15) is 4.79 Å². The Bertz CT molecular complexity index is 649. The van der Waals surface area contributed by atoms with E-state index in [0.717, 1.165) is 5.69 Å². The fraction of sp³-hybridized carbons (Fsp3) is 0.286. The zero-order chi connectivity index (χ0) is 14.9. The van der Waals surface area contributed by atoms with Gasteiger partial charge in [-0.2, -0.15) is 0 Å². The van der Waals surface area contributed by atoms with Crippen molar-refractivity contribution < 1.29 is 4.79 Å². The number of benzene rings is 1. The fourth-order valence-electron chi connectivity index (χ4n) is 1.52. The Kier molecular flexibility index (Phi) is 4.52. The molecule has 0 spiro atoms. The standard InChI is InChI=1S/C14H14BrClN2OS/c1-14(2,3)10-7-20-13(17-10)18-12(19)8-5-4-6-9(15)11(8)16/h4-7H,1-3H3,(H,17,18,19). The van der Waals surface area contributed by atoms with Crippen molar-refractivity contribution in [2.75, 3.05) is 5.32 Å². The molecule has 6 heteroatoms. The molecule has 0 saturated heterocycles. The Hall–Kier alpha value is -0.910. The van der Waals surface area contributed by atoms with Crippen molar-refractivity contribution in [3.63, 3.8) is 0 Å². The zero-order valence-electron chi connectivity index (χ0n) is 11.3.